The number of carbonyl (C=O) groups excluding carboxylic acids is 1. The largest absolute Gasteiger partial charge is 0.480 e. The number of aromatic nitrogens is 1. The topological polar surface area (TPSA) is 48.4 Å². The second-order valence-electron chi connectivity index (χ2n) is 6.01. The first-order chi connectivity index (χ1) is 11.0. The van der Waals surface area contributed by atoms with Crippen molar-refractivity contribution in [2.75, 3.05) is 6.61 Å². The lowest BCUT2D eigenvalue weighted by molar-refractivity contribution is -0.151. The van der Waals surface area contributed by atoms with Gasteiger partial charge in [-0.3, -0.25) is 4.98 Å². The quantitative estimate of drug-likeness (QED) is 0.692. The summed E-state index contributed by atoms with van der Waals surface area (Å²) >= 11 is 6.13. The molecule has 0 aliphatic heterocycles. The normalized spacial score (nSPS) is 12.4. The zero-order valence-electron chi connectivity index (χ0n) is 13.7. The fourth-order valence-corrected chi connectivity index (χ4v) is 2.47. The number of esters is 1. The second-order valence-corrected chi connectivity index (χ2v) is 6.41. The summed E-state index contributed by atoms with van der Waals surface area (Å²) in [5, 5.41) is 1.40. The average molecular weight is 336 g/mol. The molecule has 2 aromatic rings. The molecule has 0 aliphatic rings. The summed E-state index contributed by atoms with van der Waals surface area (Å²) in [7, 11) is 0. The Morgan fingerprint density at radius 3 is 2.74 bits per heavy atom. The Morgan fingerprint density at radius 1 is 1.22 bits per heavy atom. The molecule has 0 amide bonds. The third kappa shape index (κ3) is 5.10. The first-order valence-corrected chi connectivity index (χ1v) is 8.20. The highest BCUT2D eigenvalue weighted by Gasteiger charge is 2.13. The third-order valence-electron chi connectivity index (χ3n) is 3.51. The maximum atomic E-state index is 11.9. The molecule has 4 nitrogen and oxygen atoms in total. The second kappa shape index (κ2) is 8.16. The van der Waals surface area contributed by atoms with Gasteiger partial charge in [-0.2, -0.15) is 0 Å². The van der Waals surface area contributed by atoms with Gasteiger partial charge < -0.3 is 9.47 Å². The van der Waals surface area contributed by atoms with Crippen molar-refractivity contribution in [3.05, 3.63) is 35.5 Å². The summed E-state index contributed by atoms with van der Waals surface area (Å²) in [4.78, 5) is 16.1. The molecule has 1 atom stereocenters. The first kappa shape index (κ1) is 17.5. The summed E-state index contributed by atoms with van der Waals surface area (Å²) in [6.07, 6.45) is 3.45. The van der Waals surface area contributed by atoms with E-state index in [9.17, 15) is 4.79 Å². The van der Waals surface area contributed by atoms with E-state index in [0.717, 1.165) is 18.2 Å². The van der Waals surface area contributed by atoms with E-state index < -0.39 is 0 Å². The molecule has 0 bridgehead atoms. The van der Waals surface area contributed by atoms with Crippen LogP contribution >= 0.6 is 11.6 Å². The number of nitrogens with zero attached hydrogens (tertiary/aromatic N) is 1. The van der Waals surface area contributed by atoms with Crippen LogP contribution in [0.25, 0.3) is 10.9 Å². The SMILES string of the molecule is CC(C)CCC(C)OC(=O)COc1ccc(Cl)c2cccnc12. The van der Waals surface area contributed by atoms with Crippen molar-refractivity contribution in [3.63, 3.8) is 0 Å². The van der Waals surface area contributed by atoms with E-state index in [1.807, 2.05) is 19.1 Å². The van der Waals surface area contributed by atoms with Crippen LogP contribution in [0.15, 0.2) is 30.5 Å². The average Bonchev–Trinajstić information content (AvgIpc) is 2.52. The van der Waals surface area contributed by atoms with Crippen LogP contribution in [-0.2, 0) is 9.53 Å². The van der Waals surface area contributed by atoms with Gasteiger partial charge in [-0.1, -0.05) is 25.4 Å². The highest BCUT2D eigenvalue weighted by atomic mass is 35.5. The van der Waals surface area contributed by atoms with Crippen LogP contribution in [0.2, 0.25) is 5.02 Å². The van der Waals surface area contributed by atoms with Gasteiger partial charge in [0.05, 0.1) is 11.1 Å². The van der Waals surface area contributed by atoms with E-state index in [1.54, 1.807) is 18.3 Å². The van der Waals surface area contributed by atoms with E-state index in [-0.39, 0.29) is 18.7 Å². The summed E-state index contributed by atoms with van der Waals surface area (Å²) in [5.41, 5.74) is 0.639. The van der Waals surface area contributed by atoms with Crippen LogP contribution in [0, 0.1) is 5.92 Å². The van der Waals surface area contributed by atoms with Gasteiger partial charge in [-0.15, -0.1) is 0 Å². The van der Waals surface area contributed by atoms with Gasteiger partial charge in [-0.05, 0) is 49.9 Å². The van der Waals surface area contributed by atoms with Gasteiger partial charge in [-0.25, -0.2) is 4.79 Å². The molecule has 0 radical (unpaired) electrons. The number of benzene rings is 1. The molecular weight excluding hydrogens is 314 g/mol. The number of rotatable bonds is 7. The van der Waals surface area contributed by atoms with Crippen molar-refractivity contribution in [1.82, 2.24) is 4.98 Å². The lowest BCUT2D eigenvalue weighted by Gasteiger charge is -2.15. The van der Waals surface area contributed by atoms with Crippen LogP contribution < -0.4 is 4.74 Å². The Kier molecular flexibility index (Phi) is 6.22. The Hall–Kier alpha value is -1.81. The van der Waals surface area contributed by atoms with Gasteiger partial charge in [0.2, 0.25) is 0 Å². The van der Waals surface area contributed by atoms with Crippen LogP contribution in [0.5, 0.6) is 5.75 Å². The standard InChI is InChI=1S/C18H22ClNO3/c1-12(2)6-7-13(3)23-17(21)11-22-16-9-8-15(19)14-5-4-10-20-18(14)16/h4-5,8-10,12-13H,6-7,11H2,1-3H3. The summed E-state index contributed by atoms with van der Waals surface area (Å²) in [6, 6.07) is 7.12. The molecule has 0 saturated carbocycles. The minimum absolute atomic E-state index is 0.103. The van der Waals surface area contributed by atoms with E-state index in [2.05, 4.69) is 18.8 Å². The van der Waals surface area contributed by atoms with E-state index in [4.69, 9.17) is 21.1 Å². The minimum atomic E-state index is -0.375. The van der Waals surface area contributed by atoms with Crippen LogP contribution in [0.3, 0.4) is 0 Å². The molecule has 2 rings (SSSR count). The van der Waals surface area contributed by atoms with Crippen molar-refractivity contribution in [3.8, 4) is 5.75 Å². The van der Waals surface area contributed by atoms with Gasteiger partial charge in [0.25, 0.3) is 0 Å². The summed E-state index contributed by atoms with van der Waals surface area (Å²) < 4.78 is 10.9. The summed E-state index contributed by atoms with van der Waals surface area (Å²) in [5.74, 6) is 0.746. The van der Waals surface area contributed by atoms with Crippen molar-refractivity contribution in [1.29, 1.82) is 0 Å². The molecule has 1 aromatic carbocycles. The molecule has 5 heteroatoms. The maximum absolute atomic E-state index is 11.9. The minimum Gasteiger partial charge on any atom is -0.480 e. The molecule has 0 aliphatic carbocycles. The van der Waals surface area contributed by atoms with Crippen molar-refractivity contribution < 1.29 is 14.3 Å². The van der Waals surface area contributed by atoms with Crippen LogP contribution in [-0.4, -0.2) is 23.7 Å². The molecule has 1 aromatic heterocycles. The lowest BCUT2D eigenvalue weighted by atomic mass is 10.1. The number of halogens is 1. The molecular formula is C18H22ClNO3. The number of hydrogen-bond donors (Lipinski definition) is 0. The predicted octanol–water partition coefficient (Wildman–Crippen LogP) is 4.63. The predicted molar refractivity (Wildman–Crippen MR) is 91.9 cm³/mol. The van der Waals surface area contributed by atoms with Crippen molar-refractivity contribution >= 4 is 28.5 Å². The smallest absolute Gasteiger partial charge is 0.344 e. The Labute approximate surface area is 141 Å². The monoisotopic (exact) mass is 335 g/mol. The zero-order chi connectivity index (χ0) is 16.8. The number of carbonyl (C=O) groups is 1. The number of pyridine rings is 1. The van der Waals surface area contributed by atoms with Gasteiger partial charge in [0.1, 0.15) is 11.3 Å². The molecule has 1 heterocycles. The van der Waals surface area contributed by atoms with Gasteiger partial charge in [0.15, 0.2) is 6.61 Å². The van der Waals surface area contributed by atoms with E-state index in [1.165, 1.54) is 0 Å². The van der Waals surface area contributed by atoms with Crippen LogP contribution in [0.1, 0.15) is 33.6 Å². The van der Waals surface area contributed by atoms with Gasteiger partial charge >= 0.3 is 5.97 Å². The van der Waals surface area contributed by atoms with E-state index in [0.29, 0.717) is 22.2 Å². The fraction of sp³-hybridized carbons (Fsp3) is 0.444. The molecule has 1 unspecified atom stereocenters. The lowest BCUT2D eigenvalue weighted by Crippen LogP contribution is -2.21. The van der Waals surface area contributed by atoms with E-state index >= 15 is 0 Å². The Morgan fingerprint density at radius 2 is 2.00 bits per heavy atom. The molecule has 124 valence electrons. The highest BCUT2D eigenvalue weighted by molar-refractivity contribution is 6.35. The molecule has 23 heavy (non-hydrogen) atoms. The zero-order valence-corrected chi connectivity index (χ0v) is 14.5. The number of ether oxygens (including phenoxy) is 2. The van der Waals surface area contributed by atoms with Crippen LogP contribution in [0.4, 0.5) is 0 Å². The Balaban J connectivity index is 1.93. The molecule has 0 N–H and O–H groups in total. The van der Waals surface area contributed by atoms with Gasteiger partial charge in [0, 0.05) is 11.6 Å². The third-order valence-corrected chi connectivity index (χ3v) is 3.84. The maximum Gasteiger partial charge on any atom is 0.344 e. The first-order valence-electron chi connectivity index (χ1n) is 7.83. The van der Waals surface area contributed by atoms with Crippen molar-refractivity contribution in [2.45, 2.75) is 39.7 Å². The van der Waals surface area contributed by atoms with Crippen molar-refractivity contribution in [2.24, 2.45) is 5.92 Å². The number of fused-ring (bicyclic) bond motifs is 1. The molecule has 0 saturated heterocycles. The summed E-state index contributed by atoms with van der Waals surface area (Å²) in [6.45, 7) is 6.06. The Bertz CT molecular complexity index is 672. The number of hydrogen-bond acceptors (Lipinski definition) is 4. The fourth-order valence-electron chi connectivity index (χ4n) is 2.25. The molecule has 0 fully saturated rings. The molecule has 0 spiro atoms. The highest BCUT2D eigenvalue weighted by Crippen LogP contribution is 2.29.